The Kier molecular flexibility index (Phi) is 6.17. The SMILES string of the molecule is CC(=N)/C=C(/C)Nc1cc(N(C)C2COC2)cc(NC2CCC(F)(F)CC2)n1. The van der Waals surface area contributed by atoms with Gasteiger partial charge in [-0.1, -0.05) is 0 Å². The van der Waals surface area contributed by atoms with Gasteiger partial charge in [0.15, 0.2) is 0 Å². The highest BCUT2D eigenvalue weighted by molar-refractivity contribution is 5.90. The van der Waals surface area contributed by atoms with Gasteiger partial charge in [-0.25, -0.2) is 13.8 Å². The van der Waals surface area contributed by atoms with Gasteiger partial charge in [-0.15, -0.1) is 0 Å². The summed E-state index contributed by atoms with van der Waals surface area (Å²) in [6, 6.07) is 4.22. The molecule has 8 heteroatoms. The second-order valence-electron chi connectivity index (χ2n) is 7.81. The standard InChI is InChI=1S/C20H29F2N5O/c1-13(23)8-14(2)24-18-9-16(27(3)17-11-28-12-17)10-19(26-18)25-15-4-6-20(21,22)7-5-15/h8-10,15,17,23H,4-7,11-12H2,1-3H3,(H2,24,25,26)/b14-8-,23-13?. The Hall–Kier alpha value is -2.22. The molecule has 0 spiro atoms. The highest BCUT2D eigenvalue weighted by atomic mass is 19.3. The van der Waals surface area contributed by atoms with Gasteiger partial charge in [-0.2, -0.15) is 0 Å². The van der Waals surface area contributed by atoms with Crippen LogP contribution in [0.5, 0.6) is 0 Å². The molecule has 0 atom stereocenters. The lowest BCUT2D eigenvalue weighted by molar-refractivity contribution is -0.0361. The zero-order valence-electron chi connectivity index (χ0n) is 16.7. The first-order valence-electron chi connectivity index (χ1n) is 9.69. The quantitative estimate of drug-likeness (QED) is 0.604. The third-order valence-corrected chi connectivity index (χ3v) is 5.21. The fourth-order valence-electron chi connectivity index (χ4n) is 3.47. The third-order valence-electron chi connectivity index (χ3n) is 5.21. The lowest BCUT2D eigenvalue weighted by Gasteiger charge is -2.36. The van der Waals surface area contributed by atoms with Crippen LogP contribution in [0, 0.1) is 5.41 Å². The topological polar surface area (TPSA) is 73.3 Å². The molecular formula is C20H29F2N5O. The zero-order chi connectivity index (χ0) is 20.3. The number of likely N-dealkylation sites (N-methyl/N-ethyl adjacent to an activating group) is 1. The van der Waals surface area contributed by atoms with Gasteiger partial charge in [0.2, 0.25) is 5.92 Å². The molecule has 1 aromatic heterocycles. The molecule has 2 fully saturated rings. The van der Waals surface area contributed by atoms with E-state index in [9.17, 15) is 8.78 Å². The minimum absolute atomic E-state index is 0.00646. The summed E-state index contributed by atoms with van der Waals surface area (Å²) >= 11 is 0. The molecule has 1 saturated heterocycles. The molecule has 6 nitrogen and oxygen atoms in total. The van der Waals surface area contributed by atoms with Crippen LogP contribution >= 0.6 is 0 Å². The van der Waals surface area contributed by atoms with Crippen LogP contribution in [-0.2, 0) is 4.74 Å². The van der Waals surface area contributed by atoms with Crippen molar-refractivity contribution in [3.05, 3.63) is 23.9 Å². The fourth-order valence-corrected chi connectivity index (χ4v) is 3.47. The van der Waals surface area contributed by atoms with E-state index in [0.29, 0.717) is 49.4 Å². The van der Waals surface area contributed by atoms with Gasteiger partial charge < -0.3 is 25.7 Å². The molecule has 3 N–H and O–H groups in total. The van der Waals surface area contributed by atoms with E-state index in [0.717, 1.165) is 11.4 Å². The average molecular weight is 393 g/mol. The maximum absolute atomic E-state index is 13.4. The summed E-state index contributed by atoms with van der Waals surface area (Å²) in [5, 5.41) is 14.2. The van der Waals surface area contributed by atoms with Crippen molar-refractivity contribution in [1.82, 2.24) is 4.98 Å². The van der Waals surface area contributed by atoms with E-state index in [1.807, 2.05) is 26.1 Å². The molecule has 1 aromatic rings. The summed E-state index contributed by atoms with van der Waals surface area (Å²) in [4.78, 5) is 6.77. The third kappa shape index (κ3) is 5.41. The molecule has 154 valence electrons. The number of aromatic nitrogens is 1. The zero-order valence-corrected chi connectivity index (χ0v) is 16.7. The molecule has 0 amide bonds. The first kappa shape index (κ1) is 20.5. The maximum Gasteiger partial charge on any atom is 0.248 e. The highest BCUT2D eigenvalue weighted by Gasteiger charge is 2.35. The lowest BCUT2D eigenvalue weighted by Crippen LogP contribution is -2.47. The Balaban J connectivity index is 1.79. The van der Waals surface area contributed by atoms with Crippen molar-refractivity contribution in [3.8, 4) is 0 Å². The highest BCUT2D eigenvalue weighted by Crippen LogP contribution is 2.35. The largest absolute Gasteiger partial charge is 0.377 e. The van der Waals surface area contributed by atoms with Crippen molar-refractivity contribution in [2.75, 3.05) is 35.8 Å². The number of ether oxygens (including phenoxy) is 1. The minimum Gasteiger partial charge on any atom is -0.377 e. The van der Waals surface area contributed by atoms with Gasteiger partial charge in [0.1, 0.15) is 11.6 Å². The first-order chi connectivity index (χ1) is 13.2. The normalized spacial score (nSPS) is 20.4. The van der Waals surface area contributed by atoms with Gasteiger partial charge >= 0.3 is 0 Å². The number of allylic oxidation sites excluding steroid dienone is 2. The van der Waals surface area contributed by atoms with Crippen LogP contribution in [0.3, 0.4) is 0 Å². The van der Waals surface area contributed by atoms with Crippen molar-refractivity contribution >= 4 is 23.0 Å². The Bertz CT molecular complexity index is 738. The molecule has 1 saturated carbocycles. The van der Waals surface area contributed by atoms with Gasteiger partial charge in [0, 0.05) is 55.2 Å². The predicted octanol–water partition coefficient (Wildman–Crippen LogP) is 4.26. The summed E-state index contributed by atoms with van der Waals surface area (Å²) in [5.41, 5.74) is 2.25. The van der Waals surface area contributed by atoms with Crippen LogP contribution in [0.15, 0.2) is 23.9 Å². The van der Waals surface area contributed by atoms with Crippen LogP contribution in [0.2, 0.25) is 0 Å². The van der Waals surface area contributed by atoms with Gasteiger partial charge in [-0.3, -0.25) is 0 Å². The number of halogens is 2. The van der Waals surface area contributed by atoms with Gasteiger partial charge in [0.25, 0.3) is 0 Å². The van der Waals surface area contributed by atoms with E-state index in [-0.39, 0.29) is 18.9 Å². The molecule has 1 aliphatic heterocycles. The smallest absolute Gasteiger partial charge is 0.248 e. The average Bonchev–Trinajstić information content (AvgIpc) is 2.54. The van der Waals surface area contributed by atoms with Crippen molar-refractivity contribution in [2.24, 2.45) is 0 Å². The Morgan fingerprint density at radius 1 is 1.25 bits per heavy atom. The fraction of sp³-hybridized carbons (Fsp3) is 0.600. The molecular weight excluding hydrogens is 364 g/mol. The van der Waals surface area contributed by atoms with Crippen molar-refractivity contribution < 1.29 is 13.5 Å². The van der Waals surface area contributed by atoms with E-state index in [1.165, 1.54) is 0 Å². The van der Waals surface area contributed by atoms with Crippen molar-refractivity contribution in [3.63, 3.8) is 0 Å². The Labute approximate surface area is 164 Å². The van der Waals surface area contributed by atoms with Crippen LogP contribution in [0.4, 0.5) is 26.1 Å². The van der Waals surface area contributed by atoms with Gasteiger partial charge in [0.05, 0.1) is 19.3 Å². The molecule has 2 aliphatic rings. The number of anilines is 3. The summed E-state index contributed by atoms with van der Waals surface area (Å²) < 4.78 is 32.2. The molecule has 0 unspecified atom stereocenters. The molecule has 0 aromatic carbocycles. The molecule has 1 aliphatic carbocycles. The number of nitrogens with one attached hydrogen (secondary N) is 3. The molecule has 0 bridgehead atoms. The van der Waals surface area contributed by atoms with E-state index < -0.39 is 5.92 Å². The second-order valence-corrected chi connectivity index (χ2v) is 7.81. The van der Waals surface area contributed by atoms with E-state index in [4.69, 9.17) is 10.1 Å². The summed E-state index contributed by atoms with van der Waals surface area (Å²) in [6.45, 7) is 4.97. The minimum atomic E-state index is -2.54. The number of nitrogens with zero attached hydrogens (tertiary/aromatic N) is 2. The number of hydrogen-bond donors (Lipinski definition) is 3. The number of hydrogen-bond acceptors (Lipinski definition) is 6. The van der Waals surface area contributed by atoms with Crippen molar-refractivity contribution in [2.45, 2.75) is 57.5 Å². The molecule has 0 radical (unpaired) electrons. The van der Waals surface area contributed by atoms with Crippen molar-refractivity contribution in [1.29, 1.82) is 5.41 Å². The molecule has 3 rings (SSSR count). The summed E-state index contributed by atoms with van der Waals surface area (Å²) in [6.07, 6.45) is 2.42. The van der Waals surface area contributed by atoms with Crippen LogP contribution in [0.1, 0.15) is 39.5 Å². The predicted molar refractivity (Wildman–Crippen MR) is 109 cm³/mol. The lowest BCUT2D eigenvalue weighted by atomic mass is 9.92. The number of pyridine rings is 1. The second kappa shape index (κ2) is 8.43. The summed E-state index contributed by atoms with van der Waals surface area (Å²) in [7, 11) is 2.02. The van der Waals surface area contributed by atoms with Crippen LogP contribution in [-0.4, -0.2) is 49.0 Å². The maximum atomic E-state index is 13.4. The van der Waals surface area contributed by atoms with E-state index >= 15 is 0 Å². The van der Waals surface area contributed by atoms with E-state index in [2.05, 4.69) is 20.5 Å². The molecule has 28 heavy (non-hydrogen) atoms. The summed E-state index contributed by atoms with van der Waals surface area (Å²) in [5.74, 6) is -1.22. The van der Waals surface area contributed by atoms with Crippen LogP contribution < -0.4 is 15.5 Å². The monoisotopic (exact) mass is 393 g/mol. The Morgan fingerprint density at radius 3 is 2.46 bits per heavy atom. The van der Waals surface area contributed by atoms with Crippen LogP contribution in [0.25, 0.3) is 0 Å². The number of rotatable bonds is 7. The molecule has 2 heterocycles. The number of alkyl halides is 2. The van der Waals surface area contributed by atoms with Gasteiger partial charge in [-0.05, 0) is 32.8 Å². The first-order valence-corrected chi connectivity index (χ1v) is 9.69. The Morgan fingerprint density at radius 2 is 1.89 bits per heavy atom. The van der Waals surface area contributed by atoms with E-state index in [1.54, 1.807) is 13.0 Å².